The summed E-state index contributed by atoms with van der Waals surface area (Å²) in [5, 5.41) is 9.74. The molecule has 0 aliphatic carbocycles. The SMILES string of the molecule is COc1cscc1NC(=O)NC1CC2CCC(C1)N2C. The monoisotopic (exact) mass is 295 g/mol. The Morgan fingerprint density at radius 2 is 2.05 bits per heavy atom. The number of fused-ring (bicyclic) bond motifs is 2. The Bertz CT molecular complexity index is 477. The van der Waals surface area contributed by atoms with Gasteiger partial charge in [0.1, 0.15) is 0 Å². The maximum atomic E-state index is 12.1. The molecule has 6 heteroatoms. The molecule has 2 bridgehead atoms. The molecule has 0 radical (unpaired) electrons. The minimum absolute atomic E-state index is 0.129. The van der Waals surface area contributed by atoms with Crippen LogP contribution in [0.1, 0.15) is 25.7 Å². The number of carbonyl (C=O) groups is 1. The van der Waals surface area contributed by atoms with Crippen LogP contribution in [0.2, 0.25) is 0 Å². The van der Waals surface area contributed by atoms with Gasteiger partial charge >= 0.3 is 6.03 Å². The molecule has 3 heterocycles. The van der Waals surface area contributed by atoms with Crippen molar-refractivity contribution >= 4 is 23.1 Å². The highest BCUT2D eigenvalue weighted by Crippen LogP contribution is 2.34. The summed E-state index contributed by atoms with van der Waals surface area (Å²) in [5.41, 5.74) is 0.742. The average Bonchev–Trinajstić information content (AvgIpc) is 2.92. The van der Waals surface area contributed by atoms with Crippen LogP contribution < -0.4 is 15.4 Å². The molecule has 1 aromatic heterocycles. The number of thiophene rings is 1. The highest BCUT2D eigenvalue weighted by molar-refractivity contribution is 7.08. The molecule has 2 N–H and O–H groups in total. The number of ether oxygens (including phenoxy) is 1. The summed E-state index contributed by atoms with van der Waals surface area (Å²) in [6.07, 6.45) is 4.64. The number of carbonyl (C=O) groups excluding carboxylic acids is 1. The minimum atomic E-state index is -0.129. The predicted molar refractivity (Wildman–Crippen MR) is 80.6 cm³/mol. The van der Waals surface area contributed by atoms with E-state index in [2.05, 4.69) is 22.6 Å². The van der Waals surface area contributed by atoms with Crippen LogP contribution >= 0.6 is 11.3 Å². The van der Waals surface area contributed by atoms with Crippen molar-refractivity contribution < 1.29 is 9.53 Å². The van der Waals surface area contributed by atoms with E-state index in [4.69, 9.17) is 4.74 Å². The van der Waals surface area contributed by atoms with E-state index in [1.807, 2.05) is 10.8 Å². The Balaban J connectivity index is 1.55. The van der Waals surface area contributed by atoms with Crippen LogP contribution in [-0.2, 0) is 0 Å². The summed E-state index contributed by atoms with van der Waals surface area (Å²) in [5.74, 6) is 0.716. The van der Waals surface area contributed by atoms with E-state index in [1.54, 1.807) is 7.11 Å². The van der Waals surface area contributed by atoms with Gasteiger partial charge in [-0.2, -0.15) is 0 Å². The van der Waals surface area contributed by atoms with E-state index in [0.29, 0.717) is 17.8 Å². The lowest BCUT2D eigenvalue weighted by atomic mass is 9.98. The van der Waals surface area contributed by atoms with Gasteiger partial charge in [0.05, 0.1) is 12.8 Å². The largest absolute Gasteiger partial charge is 0.494 e. The van der Waals surface area contributed by atoms with Crippen LogP contribution in [-0.4, -0.2) is 43.2 Å². The summed E-state index contributed by atoms with van der Waals surface area (Å²) in [4.78, 5) is 14.5. The van der Waals surface area contributed by atoms with Gasteiger partial charge in [-0.1, -0.05) is 0 Å². The molecule has 20 heavy (non-hydrogen) atoms. The summed E-state index contributed by atoms with van der Waals surface area (Å²) in [7, 11) is 3.81. The van der Waals surface area contributed by atoms with E-state index in [1.165, 1.54) is 24.2 Å². The molecular formula is C14H21N3O2S. The van der Waals surface area contributed by atoms with E-state index in [0.717, 1.165) is 18.5 Å². The third-order valence-corrected chi connectivity index (χ3v) is 5.25. The number of hydrogen-bond acceptors (Lipinski definition) is 4. The van der Waals surface area contributed by atoms with Gasteiger partial charge in [-0.25, -0.2) is 4.79 Å². The van der Waals surface area contributed by atoms with Gasteiger partial charge in [0.25, 0.3) is 0 Å². The second kappa shape index (κ2) is 5.61. The zero-order chi connectivity index (χ0) is 14.1. The van der Waals surface area contributed by atoms with E-state index in [-0.39, 0.29) is 12.1 Å². The number of urea groups is 1. The fourth-order valence-electron chi connectivity index (χ4n) is 3.41. The first-order chi connectivity index (χ1) is 9.67. The molecule has 2 fully saturated rings. The van der Waals surface area contributed by atoms with Crippen molar-refractivity contribution in [2.24, 2.45) is 0 Å². The third-order valence-electron chi connectivity index (χ3n) is 4.53. The van der Waals surface area contributed by atoms with E-state index >= 15 is 0 Å². The standard InChI is InChI=1S/C14H21N3O2S/c1-17-10-3-4-11(17)6-9(5-10)15-14(18)16-12-7-20-8-13(12)19-2/h7-11H,3-6H2,1-2H3,(H2,15,16,18). The van der Waals surface area contributed by atoms with Gasteiger partial charge in [0, 0.05) is 28.9 Å². The van der Waals surface area contributed by atoms with Crippen molar-refractivity contribution in [2.45, 2.75) is 43.8 Å². The first-order valence-electron chi connectivity index (χ1n) is 7.07. The fourth-order valence-corrected chi connectivity index (χ4v) is 4.13. The van der Waals surface area contributed by atoms with Crippen LogP contribution in [0.25, 0.3) is 0 Å². The summed E-state index contributed by atoms with van der Waals surface area (Å²) in [6.45, 7) is 0. The molecule has 2 aliphatic rings. The van der Waals surface area contributed by atoms with Crippen molar-refractivity contribution in [3.63, 3.8) is 0 Å². The maximum absolute atomic E-state index is 12.1. The summed E-state index contributed by atoms with van der Waals surface area (Å²) in [6, 6.07) is 1.42. The van der Waals surface area contributed by atoms with E-state index in [9.17, 15) is 4.79 Å². The number of nitrogens with zero attached hydrogens (tertiary/aromatic N) is 1. The van der Waals surface area contributed by atoms with Crippen molar-refractivity contribution in [1.82, 2.24) is 10.2 Å². The Labute approximate surface area is 123 Å². The molecule has 3 rings (SSSR count). The highest BCUT2D eigenvalue weighted by atomic mass is 32.1. The second-order valence-corrected chi connectivity index (χ2v) is 6.41. The molecule has 5 nitrogen and oxygen atoms in total. The fraction of sp³-hybridized carbons (Fsp3) is 0.643. The number of anilines is 1. The summed E-state index contributed by atoms with van der Waals surface area (Å²) < 4.78 is 5.20. The first-order valence-corrected chi connectivity index (χ1v) is 8.01. The Kier molecular flexibility index (Phi) is 3.85. The number of piperidine rings is 1. The van der Waals surface area contributed by atoms with Gasteiger partial charge in [0.2, 0.25) is 0 Å². The zero-order valence-electron chi connectivity index (χ0n) is 11.9. The normalized spacial score (nSPS) is 29.2. The van der Waals surface area contributed by atoms with Gasteiger partial charge in [-0.15, -0.1) is 11.3 Å². The smallest absolute Gasteiger partial charge is 0.319 e. The van der Waals surface area contributed by atoms with Crippen LogP contribution in [0.3, 0.4) is 0 Å². The van der Waals surface area contributed by atoms with Crippen LogP contribution in [0.5, 0.6) is 5.75 Å². The molecule has 0 saturated carbocycles. The molecule has 110 valence electrons. The summed E-state index contributed by atoms with van der Waals surface area (Å²) >= 11 is 1.52. The average molecular weight is 295 g/mol. The van der Waals surface area contributed by atoms with Crippen molar-refractivity contribution in [2.75, 3.05) is 19.5 Å². The first kappa shape index (κ1) is 13.7. The molecule has 0 aromatic carbocycles. The number of methoxy groups -OCH3 is 1. The lowest BCUT2D eigenvalue weighted by molar-refractivity contribution is 0.151. The Morgan fingerprint density at radius 1 is 1.35 bits per heavy atom. The van der Waals surface area contributed by atoms with Gasteiger partial charge in [-0.05, 0) is 32.7 Å². The number of hydrogen-bond donors (Lipinski definition) is 2. The second-order valence-electron chi connectivity index (χ2n) is 5.67. The minimum Gasteiger partial charge on any atom is -0.494 e. The highest BCUT2D eigenvalue weighted by Gasteiger charge is 2.38. The topological polar surface area (TPSA) is 53.6 Å². The Hall–Kier alpha value is -1.27. The van der Waals surface area contributed by atoms with Crippen LogP contribution in [0.15, 0.2) is 10.8 Å². The van der Waals surface area contributed by atoms with E-state index < -0.39 is 0 Å². The van der Waals surface area contributed by atoms with Gasteiger partial charge in [0.15, 0.2) is 5.75 Å². The number of rotatable bonds is 3. The molecule has 2 atom stereocenters. The van der Waals surface area contributed by atoms with Gasteiger partial charge < -0.3 is 20.3 Å². The molecular weight excluding hydrogens is 274 g/mol. The predicted octanol–water partition coefficient (Wildman–Crippen LogP) is 2.50. The van der Waals surface area contributed by atoms with Crippen LogP contribution in [0.4, 0.5) is 10.5 Å². The molecule has 1 aromatic rings. The quantitative estimate of drug-likeness (QED) is 0.901. The lowest BCUT2D eigenvalue weighted by Gasteiger charge is -2.36. The number of nitrogens with one attached hydrogen (secondary N) is 2. The third kappa shape index (κ3) is 2.62. The number of amides is 2. The molecule has 2 saturated heterocycles. The van der Waals surface area contributed by atoms with Crippen molar-refractivity contribution in [1.29, 1.82) is 0 Å². The maximum Gasteiger partial charge on any atom is 0.319 e. The molecule has 2 aliphatic heterocycles. The molecule has 0 spiro atoms. The van der Waals surface area contributed by atoms with Gasteiger partial charge in [-0.3, -0.25) is 0 Å². The van der Waals surface area contributed by atoms with Crippen molar-refractivity contribution in [3.05, 3.63) is 10.8 Å². The van der Waals surface area contributed by atoms with Crippen LogP contribution in [0, 0.1) is 0 Å². The lowest BCUT2D eigenvalue weighted by Crippen LogP contribution is -2.49. The molecule has 2 unspecified atom stereocenters. The Morgan fingerprint density at radius 3 is 2.70 bits per heavy atom. The zero-order valence-corrected chi connectivity index (χ0v) is 12.7. The van der Waals surface area contributed by atoms with Crippen molar-refractivity contribution in [3.8, 4) is 5.75 Å². The molecule has 2 amide bonds.